The maximum atomic E-state index is 13.0. The summed E-state index contributed by atoms with van der Waals surface area (Å²) >= 11 is 1.28. The van der Waals surface area contributed by atoms with Gasteiger partial charge in [-0.25, -0.2) is 4.98 Å². The van der Waals surface area contributed by atoms with E-state index < -0.39 is 5.97 Å². The molecule has 0 aliphatic heterocycles. The molecule has 0 fully saturated rings. The van der Waals surface area contributed by atoms with E-state index in [1.807, 2.05) is 36.4 Å². The van der Waals surface area contributed by atoms with E-state index in [0.717, 1.165) is 17.7 Å². The molecular weight excluding hydrogens is 376 g/mol. The van der Waals surface area contributed by atoms with Gasteiger partial charge >= 0.3 is 5.97 Å². The number of hydrogen-bond acceptors (Lipinski definition) is 5. The number of carboxylic acid groups (broad SMARTS) is 1. The van der Waals surface area contributed by atoms with Crippen molar-refractivity contribution in [1.82, 2.24) is 9.55 Å². The smallest absolute Gasteiger partial charge is 0.304 e. The summed E-state index contributed by atoms with van der Waals surface area (Å²) in [6.45, 7) is 3.08. The minimum atomic E-state index is -0.871. The van der Waals surface area contributed by atoms with Gasteiger partial charge in [0.15, 0.2) is 5.16 Å². The maximum Gasteiger partial charge on any atom is 0.304 e. The zero-order valence-electron chi connectivity index (χ0n) is 15.6. The van der Waals surface area contributed by atoms with Crippen molar-refractivity contribution in [2.24, 2.45) is 0 Å². The van der Waals surface area contributed by atoms with E-state index >= 15 is 0 Å². The van der Waals surface area contributed by atoms with Crippen molar-refractivity contribution in [3.63, 3.8) is 0 Å². The fourth-order valence-corrected chi connectivity index (χ4v) is 3.65. The van der Waals surface area contributed by atoms with Gasteiger partial charge in [-0.15, -0.1) is 0 Å². The summed E-state index contributed by atoms with van der Waals surface area (Å²) in [4.78, 5) is 28.5. The number of thioether (sulfide) groups is 1. The third-order valence-corrected chi connectivity index (χ3v) is 5.09. The number of benzene rings is 2. The van der Waals surface area contributed by atoms with E-state index in [0.29, 0.717) is 35.0 Å². The Labute approximate surface area is 167 Å². The first-order valence-electron chi connectivity index (χ1n) is 9.14. The van der Waals surface area contributed by atoms with E-state index in [-0.39, 0.29) is 12.0 Å². The number of ether oxygens (including phenoxy) is 1. The van der Waals surface area contributed by atoms with E-state index in [2.05, 4.69) is 11.9 Å². The predicted molar refractivity (Wildman–Crippen MR) is 110 cm³/mol. The Morgan fingerprint density at radius 2 is 1.93 bits per heavy atom. The summed E-state index contributed by atoms with van der Waals surface area (Å²) in [6.07, 6.45) is 0.952. The number of rotatable bonds is 9. The van der Waals surface area contributed by atoms with E-state index in [9.17, 15) is 9.59 Å². The quantitative estimate of drug-likeness (QED) is 0.436. The molecule has 3 rings (SSSR count). The van der Waals surface area contributed by atoms with Gasteiger partial charge in [0.05, 0.1) is 30.5 Å². The van der Waals surface area contributed by atoms with Crippen LogP contribution in [0.25, 0.3) is 10.9 Å². The monoisotopic (exact) mass is 398 g/mol. The van der Waals surface area contributed by atoms with Crippen LogP contribution in [0.15, 0.2) is 58.5 Å². The third-order valence-electron chi connectivity index (χ3n) is 4.11. The first kappa shape index (κ1) is 19.9. The zero-order chi connectivity index (χ0) is 19.9. The van der Waals surface area contributed by atoms with Gasteiger partial charge in [-0.3, -0.25) is 14.2 Å². The minimum Gasteiger partial charge on any atom is -0.494 e. The molecule has 28 heavy (non-hydrogen) atoms. The highest BCUT2D eigenvalue weighted by Crippen LogP contribution is 2.20. The molecule has 3 aromatic rings. The average Bonchev–Trinajstić information content (AvgIpc) is 2.70. The number of hydrogen-bond donors (Lipinski definition) is 1. The Bertz CT molecular complexity index is 1020. The molecule has 0 aliphatic carbocycles. The topological polar surface area (TPSA) is 81.4 Å². The Hall–Kier alpha value is -2.80. The second-order valence-corrected chi connectivity index (χ2v) is 7.35. The number of fused-ring (bicyclic) bond motifs is 1. The molecule has 2 aromatic carbocycles. The van der Waals surface area contributed by atoms with Crippen molar-refractivity contribution in [1.29, 1.82) is 0 Å². The summed E-state index contributed by atoms with van der Waals surface area (Å²) in [7, 11) is 0. The Morgan fingerprint density at radius 1 is 1.18 bits per heavy atom. The lowest BCUT2D eigenvalue weighted by Crippen LogP contribution is -2.24. The van der Waals surface area contributed by atoms with Crippen molar-refractivity contribution in [2.75, 3.05) is 12.4 Å². The molecule has 1 heterocycles. The van der Waals surface area contributed by atoms with Gasteiger partial charge in [-0.05, 0) is 36.2 Å². The van der Waals surface area contributed by atoms with Crippen LogP contribution in [0.3, 0.4) is 0 Å². The highest BCUT2D eigenvalue weighted by atomic mass is 32.2. The SMILES string of the molecule is CCCOc1ccc(Cn2c(SCCC(=O)O)nc3ccccc3c2=O)cc1. The number of aliphatic carboxylic acids is 1. The summed E-state index contributed by atoms with van der Waals surface area (Å²) in [5.74, 6) is 0.277. The van der Waals surface area contributed by atoms with Crippen LogP contribution in [-0.2, 0) is 11.3 Å². The van der Waals surface area contributed by atoms with Gasteiger partial charge < -0.3 is 9.84 Å². The number of aromatic nitrogens is 2. The number of carbonyl (C=O) groups is 1. The average molecular weight is 398 g/mol. The maximum absolute atomic E-state index is 13.0. The van der Waals surface area contributed by atoms with Crippen LogP contribution in [0.5, 0.6) is 5.75 Å². The van der Waals surface area contributed by atoms with Crippen LogP contribution in [0.1, 0.15) is 25.3 Å². The number of para-hydroxylation sites is 1. The van der Waals surface area contributed by atoms with E-state index in [1.165, 1.54) is 11.8 Å². The molecule has 0 spiro atoms. The normalized spacial score (nSPS) is 10.9. The molecule has 0 saturated heterocycles. The van der Waals surface area contributed by atoms with Crippen LogP contribution >= 0.6 is 11.8 Å². The molecule has 146 valence electrons. The first-order valence-corrected chi connectivity index (χ1v) is 10.1. The molecular formula is C21H22N2O4S. The molecule has 7 heteroatoms. The highest BCUT2D eigenvalue weighted by Gasteiger charge is 2.12. The van der Waals surface area contributed by atoms with Crippen LogP contribution in [0.2, 0.25) is 0 Å². The standard InChI is InChI=1S/C21H22N2O4S/c1-2-12-27-16-9-7-15(8-10-16)14-23-20(26)17-5-3-4-6-18(17)22-21(23)28-13-11-19(24)25/h3-10H,2,11-14H2,1H3,(H,24,25). The Balaban J connectivity index is 1.92. The third kappa shape index (κ3) is 4.92. The molecule has 0 radical (unpaired) electrons. The lowest BCUT2D eigenvalue weighted by atomic mass is 10.2. The molecule has 0 atom stereocenters. The van der Waals surface area contributed by atoms with Crippen molar-refractivity contribution >= 4 is 28.6 Å². The zero-order valence-corrected chi connectivity index (χ0v) is 16.4. The molecule has 0 saturated carbocycles. The lowest BCUT2D eigenvalue weighted by Gasteiger charge is -2.13. The molecule has 0 amide bonds. The number of nitrogens with zero attached hydrogens (tertiary/aromatic N) is 2. The fourth-order valence-electron chi connectivity index (χ4n) is 2.72. The second kappa shape index (κ2) is 9.41. The molecule has 0 bridgehead atoms. The van der Waals surface area contributed by atoms with Crippen molar-refractivity contribution in [2.45, 2.75) is 31.5 Å². The second-order valence-electron chi connectivity index (χ2n) is 6.29. The first-order chi connectivity index (χ1) is 13.6. The molecule has 0 unspecified atom stereocenters. The molecule has 1 aromatic heterocycles. The van der Waals surface area contributed by atoms with Crippen LogP contribution in [0, 0.1) is 0 Å². The molecule has 1 N–H and O–H groups in total. The largest absolute Gasteiger partial charge is 0.494 e. The van der Waals surface area contributed by atoms with Gasteiger partial charge in [0.25, 0.3) is 5.56 Å². The molecule has 0 aliphatic rings. The Morgan fingerprint density at radius 3 is 2.64 bits per heavy atom. The highest BCUT2D eigenvalue weighted by molar-refractivity contribution is 7.99. The molecule has 6 nitrogen and oxygen atoms in total. The van der Waals surface area contributed by atoms with E-state index in [4.69, 9.17) is 9.84 Å². The fraction of sp³-hybridized carbons (Fsp3) is 0.286. The van der Waals surface area contributed by atoms with Crippen LogP contribution in [0.4, 0.5) is 0 Å². The van der Waals surface area contributed by atoms with Gasteiger partial charge in [-0.1, -0.05) is 43.0 Å². The van der Waals surface area contributed by atoms with Crippen LogP contribution < -0.4 is 10.3 Å². The van der Waals surface area contributed by atoms with Crippen LogP contribution in [-0.4, -0.2) is 33.0 Å². The minimum absolute atomic E-state index is 0.0107. The predicted octanol–water partition coefficient (Wildman–Crippen LogP) is 3.80. The number of carboxylic acids is 1. The Kier molecular flexibility index (Phi) is 6.71. The summed E-state index contributed by atoms with van der Waals surface area (Å²) < 4.78 is 7.21. The van der Waals surface area contributed by atoms with Crippen molar-refractivity contribution < 1.29 is 14.6 Å². The van der Waals surface area contributed by atoms with Gasteiger partial charge in [0.2, 0.25) is 0 Å². The van der Waals surface area contributed by atoms with Crippen molar-refractivity contribution in [3.8, 4) is 5.75 Å². The van der Waals surface area contributed by atoms with E-state index in [1.54, 1.807) is 16.7 Å². The van der Waals surface area contributed by atoms with Gasteiger partial charge in [0.1, 0.15) is 5.75 Å². The van der Waals surface area contributed by atoms with Crippen molar-refractivity contribution in [3.05, 3.63) is 64.4 Å². The van der Waals surface area contributed by atoms with Gasteiger partial charge in [-0.2, -0.15) is 0 Å². The van der Waals surface area contributed by atoms with Gasteiger partial charge in [0, 0.05) is 5.75 Å². The lowest BCUT2D eigenvalue weighted by molar-refractivity contribution is -0.136. The summed E-state index contributed by atoms with van der Waals surface area (Å²) in [5.41, 5.74) is 1.43. The summed E-state index contributed by atoms with van der Waals surface area (Å²) in [5, 5.41) is 9.97. The summed E-state index contributed by atoms with van der Waals surface area (Å²) in [6, 6.07) is 14.8.